The highest BCUT2D eigenvalue weighted by Gasteiger charge is 2.40. The van der Waals surface area contributed by atoms with Crippen LogP contribution in [0.2, 0.25) is 0 Å². The van der Waals surface area contributed by atoms with Crippen LogP contribution in [0.4, 0.5) is 0 Å². The molecule has 1 saturated heterocycles. The zero-order chi connectivity index (χ0) is 13.9. The van der Waals surface area contributed by atoms with Gasteiger partial charge in [0, 0.05) is 25.2 Å². The van der Waals surface area contributed by atoms with E-state index in [2.05, 4.69) is 61.3 Å². The number of likely N-dealkylation sites (tertiary alicyclic amines) is 1. The lowest BCUT2D eigenvalue weighted by Crippen LogP contribution is -2.54. The van der Waals surface area contributed by atoms with Gasteiger partial charge in [0.15, 0.2) is 0 Å². The zero-order valence-electron chi connectivity index (χ0n) is 12.1. The molecule has 1 atom stereocenters. The van der Waals surface area contributed by atoms with E-state index in [9.17, 15) is 5.26 Å². The van der Waals surface area contributed by atoms with Gasteiger partial charge in [-0.3, -0.25) is 10.2 Å². The molecule has 0 aliphatic carbocycles. The fourth-order valence-electron chi connectivity index (χ4n) is 2.80. The van der Waals surface area contributed by atoms with Crippen molar-refractivity contribution in [3.63, 3.8) is 0 Å². The SMILES string of the molecule is CC(C)(C)NC1(C#N)CCN(Cc2ccccc2)C1. The van der Waals surface area contributed by atoms with E-state index in [0.29, 0.717) is 0 Å². The van der Waals surface area contributed by atoms with Crippen LogP contribution in [0.25, 0.3) is 0 Å². The Kier molecular flexibility index (Phi) is 3.93. The van der Waals surface area contributed by atoms with Crippen molar-refractivity contribution in [1.82, 2.24) is 10.2 Å². The van der Waals surface area contributed by atoms with Crippen molar-refractivity contribution in [3.8, 4) is 6.07 Å². The van der Waals surface area contributed by atoms with E-state index >= 15 is 0 Å². The predicted octanol–water partition coefficient (Wildman–Crippen LogP) is 2.54. The Labute approximate surface area is 116 Å². The first-order chi connectivity index (χ1) is 8.92. The minimum absolute atomic E-state index is 0.0293. The normalized spacial score (nSPS) is 24.3. The number of hydrogen-bond acceptors (Lipinski definition) is 3. The van der Waals surface area contributed by atoms with Crippen LogP contribution < -0.4 is 5.32 Å². The maximum atomic E-state index is 9.52. The average molecular weight is 257 g/mol. The van der Waals surface area contributed by atoms with E-state index in [0.717, 1.165) is 26.1 Å². The third kappa shape index (κ3) is 3.79. The molecule has 0 radical (unpaired) electrons. The van der Waals surface area contributed by atoms with Gasteiger partial charge in [0.2, 0.25) is 0 Å². The Bertz CT molecular complexity index is 455. The summed E-state index contributed by atoms with van der Waals surface area (Å²) >= 11 is 0. The summed E-state index contributed by atoms with van der Waals surface area (Å²) in [5.74, 6) is 0. The van der Waals surface area contributed by atoms with E-state index in [-0.39, 0.29) is 5.54 Å². The number of nitriles is 1. The van der Waals surface area contributed by atoms with Crippen LogP contribution in [0.15, 0.2) is 30.3 Å². The highest BCUT2D eigenvalue weighted by molar-refractivity contribution is 5.18. The molecule has 1 N–H and O–H groups in total. The van der Waals surface area contributed by atoms with E-state index in [1.807, 2.05) is 6.07 Å². The molecule has 0 aromatic heterocycles. The lowest BCUT2D eigenvalue weighted by atomic mass is 9.95. The molecule has 19 heavy (non-hydrogen) atoms. The summed E-state index contributed by atoms with van der Waals surface area (Å²) in [6, 6.07) is 12.9. The summed E-state index contributed by atoms with van der Waals surface area (Å²) in [5.41, 5.74) is 0.887. The van der Waals surface area contributed by atoms with Crippen molar-refractivity contribution in [3.05, 3.63) is 35.9 Å². The van der Waals surface area contributed by atoms with E-state index in [4.69, 9.17) is 0 Å². The number of nitrogens with zero attached hydrogens (tertiary/aromatic N) is 2. The molecule has 1 unspecified atom stereocenters. The Morgan fingerprint density at radius 1 is 1.32 bits per heavy atom. The maximum Gasteiger partial charge on any atom is 0.121 e. The summed E-state index contributed by atoms with van der Waals surface area (Å²) in [7, 11) is 0. The summed E-state index contributed by atoms with van der Waals surface area (Å²) in [6.07, 6.45) is 0.896. The van der Waals surface area contributed by atoms with Gasteiger partial charge in [-0.05, 0) is 32.8 Å². The second-order valence-corrected chi connectivity index (χ2v) is 6.52. The van der Waals surface area contributed by atoms with Crippen LogP contribution in [0.3, 0.4) is 0 Å². The van der Waals surface area contributed by atoms with Crippen molar-refractivity contribution in [1.29, 1.82) is 5.26 Å². The highest BCUT2D eigenvalue weighted by atomic mass is 15.2. The largest absolute Gasteiger partial charge is 0.296 e. The lowest BCUT2D eigenvalue weighted by Gasteiger charge is -2.32. The molecule has 0 amide bonds. The smallest absolute Gasteiger partial charge is 0.121 e. The van der Waals surface area contributed by atoms with Crippen molar-refractivity contribution >= 4 is 0 Å². The van der Waals surface area contributed by atoms with Gasteiger partial charge in [-0.25, -0.2) is 0 Å². The molecule has 1 heterocycles. The van der Waals surface area contributed by atoms with Gasteiger partial charge in [-0.1, -0.05) is 30.3 Å². The Morgan fingerprint density at radius 3 is 2.58 bits per heavy atom. The van der Waals surface area contributed by atoms with Gasteiger partial charge in [-0.15, -0.1) is 0 Å². The standard InChI is InChI=1S/C16H23N3/c1-15(2,3)18-16(12-17)9-10-19(13-16)11-14-7-5-4-6-8-14/h4-8,18H,9-11,13H2,1-3H3. The molecule has 2 rings (SSSR count). The van der Waals surface area contributed by atoms with Crippen molar-refractivity contribution < 1.29 is 0 Å². The summed E-state index contributed by atoms with van der Waals surface area (Å²) in [4.78, 5) is 2.36. The Morgan fingerprint density at radius 2 is 2.00 bits per heavy atom. The second-order valence-electron chi connectivity index (χ2n) is 6.52. The van der Waals surface area contributed by atoms with Crippen LogP contribution in [-0.2, 0) is 6.54 Å². The number of rotatable bonds is 3. The van der Waals surface area contributed by atoms with Crippen molar-refractivity contribution in [2.45, 2.75) is 44.8 Å². The van der Waals surface area contributed by atoms with Gasteiger partial charge < -0.3 is 0 Å². The van der Waals surface area contributed by atoms with E-state index < -0.39 is 5.54 Å². The van der Waals surface area contributed by atoms with Gasteiger partial charge in [-0.2, -0.15) is 5.26 Å². The molecule has 1 aromatic rings. The van der Waals surface area contributed by atoms with Crippen molar-refractivity contribution in [2.75, 3.05) is 13.1 Å². The van der Waals surface area contributed by atoms with Gasteiger partial charge in [0.1, 0.15) is 5.54 Å². The first-order valence-corrected chi connectivity index (χ1v) is 6.89. The summed E-state index contributed by atoms with van der Waals surface area (Å²) in [5, 5.41) is 13.0. The van der Waals surface area contributed by atoms with Crippen LogP contribution in [0.1, 0.15) is 32.8 Å². The molecule has 1 aromatic carbocycles. The molecule has 1 fully saturated rings. The minimum Gasteiger partial charge on any atom is -0.296 e. The first kappa shape index (κ1) is 14.0. The fourth-order valence-corrected chi connectivity index (χ4v) is 2.80. The number of hydrogen-bond donors (Lipinski definition) is 1. The lowest BCUT2D eigenvalue weighted by molar-refractivity contribution is 0.268. The molecule has 3 heteroatoms. The maximum absolute atomic E-state index is 9.52. The highest BCUT2D eigenvalue weighted by Crippen LogP contribution is 2.25. The molecule has 1 aliphatic rings. The molecular formula is C16H23N3. The average Bonchev–Trinajstić information content (AvgIpc) is 2.72. The quantitative estimate of drug-likeness (QED) is 0.904. The van der Waals surface area contributed by atoms with Crippen LogP contribution >= 0.6 is 0 Å². The Balaban J connectivity index is 2.00. The van der Waals surface area contributed by atoms with Gasteiger partial charge in [0.25, 0.3) is 0 Å². The molecule has 3 nitrogen and oxygen atoms in total. The van der Waals surface area contributed by atoms with Gasteiger partial charge >= 0.3 is 0 Å². The molecule has 0 spiro atoms. The third-order valence-electron chi connectivity index (χ3n) is 3.43. The predicted molar refractivity (Wildman–Crippen MR) is 77.6 cm³/mol. The molecule has 0 saturated carbocycles. The topological polar surface area (TPSA) is 39.1 Å². The zero-order valence-corrected chi connectivity index (χ0v) is 12.1. The van der Waals surface area contributed by atoms with Crippen LogP contribution in [-0.4, -0.2) is 29.1 Å². The third-order valence-corrected chi connectivity index (χ3v) is 3.43. The Hall–Kier alpha value is -1.37. The molecule has 102 valence electrons. The first-order valence-electron chi connectivity index (χ1n) is 6.89. The van der Waals surface area contributed by atoms with Crippen LogP contribution in [0, 0.1) is 11.3 Å². The monoisotopic (exact) mass is 257 g/mol. The summed E-state index contributed by atoms with van der Waals surface area (Å²) < 4.78 is 0. The van der Waals surface area contributed by atoms with Gasteiger partial charge in [0.05, 0.1) is 6.07 Å². The van der Waals surface area contributed by atoms with E-state index in [1.54, 1.807) is 0 Å². The molecule has 1 aliphatic heterocycles. The van der Waals surface area contributed by atoms with Crippen LogP contribution in [0.5, 0.6) is 0 Å². The number of nitrogens with one attached hydrogen (secondary N) is 1. The molecule has 0 bridgehead atoms. The summed E-state index contributed by atoms with van der Waals surface area (Å²) in [6.45, 7) is 9.06. The van der Waals surface area contributed by atoms with E-state index in [1.165, 1.54) is 5.56 Å². The minimum atomic E-state index is -0.396. The number of benzene rings is 1. The fraction of sp³-hybridized carbons (Fsp3) is 0.562. The second kappa shape index (κ2) is 5.32. The molecular weight excluding hydrogens is 234 g/mol. The van der Waals surface area contributed by atoms with Crippen molar-refractivity contribution in [2.24, 2.45) is 0 Å².